The Hall–Kier alpha value is -7.68. The first-order valence-electron chi connectivity index (χ1n) is 19.9. The number of hydrogen-bond donors (Lipinski definition) is 0. The molecule has 0 atom stereocenters. The Morgan fingerprint density at radius 2 is 0.759 bits per heavy atom. The number of para-hydroxylation sites is 2. The second-order valence-electron chi connectivity index (χ2n) is 15.2. The Morgan fingerprint density at radius 1 is 0.293 bits per heavy atom. The fourth-order valence-corrected chi connectivity index (χ4v) is 9.39. The topological polar surface area (TPSA) is 18.1 Å². The van der Waals surface area contributed by atoms with Crippen LogP contribution < -0.4 is 0 Å². The Balaban J connectivity index is 1.06. The van der Waals surface area contributed by atoms with Crippen LogP contribution in [0.1, 0.15) is 0 Å². The minimum absolute atomic E-state index is 0.909. The molecule has 12 aromatic rings. The minimum atomic E-state index is 0.909. The number of hydrogen-bond acceptors (Lipinski definition) is 1. The van der Waals surface area contributed by atoms with E-state index in [1.54, 1.807) is 0 Å². The van der Waals surface area contributed by atoms with Gasteiger partial charge in [0.25, 0.3) is 0 Å². The predicted molar refractivity (Wildman–Crippen MR) is 245 cm³/mol. The number of nitrogens with zero attached hydrogens (tertiary/aromatic N) is 1. The first-order valence-corrected chi connectivity index (χ1v) is 19.9. The van der Waals surface area contributed by atoms with Crippen molar-refractivity contribution in [3.05, 3.63) is 212 Å². The van der Waals surface area contributed by atoms with Crippen LogP contribution >= 0.6 is 0 Å². The van der Waals surface area contributed by atoms with E-state index in [9.17, 15) is 0 Å². The van der Waals surface area contributed by atoms with Gasteiger partial charge in [0.15, 0.2) is 0 Å². The summed E-state index contributed by atoms with van der Waals surface area (Å²) in [5.74, 6) is 0. The van der Waals surface area contributed by atoms with Crippen molar-refractivity contribution >= 4 is 65.3 Å². The molecule has 0 aliphatic heterocycles. The van der Waals surface area contributed by atoms with Crippen molar-refractivity contribution in [1.29, 1.82) is 0 Å². The van der Waals surface area contributed by atoms with Gasteiger partial charge in [-0.15, -0.1) is 0 Å². The molecule has 2 aromatic heterocycles. The van der Waals surface area contributed by atoms with Crippen LogP contribution in [-0.4, -0.2) is 4.57 Å². The van der Waals surface area contributed by atoms with Crippen molar-refractivity contribution in [2.45, 2.75) is 0 Å². The maximum absolute atomic E-state index is 6.51. The molecule has 0 fully saturated rings. The molecule has 58 heavy (non-hydrogen) atoms. The monoisotopic (exact) mass is 737 g/mol. The van der Waals surface area contributed by atoms with Crippen molar-refractivity contribution in [2.75, 3.05) is 0 Å². The van der Waals surface area contributed by atoms with Gasteiger partial charge in [-0.25, -0.2) is 0 Å². The van der Waals surface area contributed by atoms with E-state index in [-0.39, 0.29) is 0 Å². The van der Waals surface area contributed by atoms with Crippen LogP contribution in [-0.2, 0) is 0 Å². The van der Waals surface area contributed by atoms with Crippen molar-refractivity contribution in [2.24, 2.45) is 0 Å². The van der Waals surface area contributed by atoms with Gasteiger partial charge in [-0.1, -0.05) is 170 Å². The summed E-state index contributed by atoms with van der Waals surface area (Å²) in [6.07, 6.45) is 0. The lowest BCUT2D eigenvalue weighted by Gasteiger charge is -2.18. The van der Waals surface area contributed by atoms with Crippen molar-refractivity contribution < 1.29 is 4.42 Å². The van der Waals surface area contributed by atoms with E-state index >= 15 is 0 Å². The van der Waals surface area contributed by atoms with E-state index in [4.69, 9.17) is 4.42 Å². The number of fused-ring (bicyclic) bond motifs is 8. The lowest BCUT2D eigenvalue weighted by atomic mass is 9.86. The fraction of sp³-hybridized carbons (Fsp3) is 0. The summed E-state index contributed by atoms with van der Waals surface area (Å²) < 4.78 is 8.93. The Labute approximate surface area is 335 Å². The van der Waals surface area contributed by atoms with Gasteiger partial charge in [-0.2, -0.15) is 0 Å². The molecule has 2 heterocycles. The van der Waals surface area contributed by atoms with Crippen LogP contribution in [0.2, 0.25) is 0 Å². The van der Waals surface area contributed by atoms with Crippen molar-refractivity contribution in [3.8, 4) is 50.2 Å². The highest BCUT2D eigenvalue weighted by Gasteiger charge is 2.19. The van der Waals surface area contributed by atoms with Crippen LogP contribution in [0.4, 0.5) is 0 Å². The zero-order valence-corrected chi connectivity index (χ0v) is 31.6. The summed E-state index contributed by atoms with van der Waals surface area (Å²) in [5, 5.41) is 9.73. The van der Waals surface area contributed by atoms with E-state index in [1.165, 1.54) is 71.2 Å². The SMILES string of the molecule is c1ccc(-c2ccc3c(c2)c2cc(-c4cccc5c4oc4ccccc45)ccc2n3-c2ccc(-c3c4ccccc4c(-c4ccccc4)c4ccccc34)cc2)cc1. The van der Waals surface area contributed by atoms with Gasteiger partial charge in [0.2, 0.25) is 0 Å². The average Bonchev–Trinajstić information content (AvgIpc) is 3.84. The molecule has 12 rings (SSSR count). The molecule has 0 bridgehead atoms. The fourth-order valence-electron chi connectivity index (χ4n) is 9.39. The third-order valence-corrected chi connectivity index (χ3v) is 12.0. The molecule has 0 radical (unpaired) electrons. The van der Waals surface area contributed by atoms with Crippen LogP contribution in [0.25, 0.3) is 115 Å². The predicted octanol–water partition coefficient (Wildman–Crippen LogP) is 15.7. The maximum atomic E-state index is 6.51. The maximum Gasteiger partial charge on any atom is 0.143 e. The average molecular weight is 738 g/mol. The van der Waals surface area contributed by atoms with E-state index in [0.29, 0.717) is 0 Å². The first-order chi connectivity index (χ1) is 28.8. The summed E-state index contributed by atoms with van der Waals surface area (Å²) in [4.78, 5) is 0. The van der Waals surface area contributed by atoms with Gasteiger partial charge in [0.1, 0.15) is 11.2 Å². The van der Waals surface area contributed by atoms with Gasteiger partial charge in [-0.3, -0.25) is 0 Å². The molecular formula is C56H35NO. The molecule has 0 saturated carbocycles. The summed E-state index contributed by atoms with van der Waals surface area (Å²) in [5.41, 5.74) is 14.9. The summed E-state index contributed by atoms with van der Waals surface area (Å²) in [7, 11) is 0. The molecule has 2 nitrogen and oxygen atoms in total. The molecule has 0 spiro atoms. The normalized spacial score (nSPS) is 11.8. The number of aromatic nitrogens is 1. The smallest absolute Gasteiger partial charge is 0.143 e. The van der Waals surface area contributed by atoms with Crippen LogP contribution in [0, 0.1) is 0 Å². The number of benzene rings is 10. The number of rotatable bonds is 5. The highest BCUT2D eigenvalue weighted by atomic mass is 16.3. The molecule has 2 heteroatoms. The first kappa shape index (κ1) is 32.6. The Bertz CT molecular complexity index is 3480. The van der Waals surface area contributed by atoms with Gasteiger partial charge in [0.05, 0.1) is 11.0 Å². The third kappa shape index (κ3) is 4.99. The van der Waals surface area contributed by atoms with E-state index in [2.05, 4.69) is 211 Å². The molecule has 10 aromatic carbocycles. The van der Waals surface area contributed by atoms with E-state index in [1.807, 2.05) is 6.07 Å². The zero-order valence-electron chi connectivity index (χ0n) is 31.6. The lowest BCUT2D eigenvalue weighted by Crippen LogP contribution is -1.95. The van der Waals surface area contributed by atoms with E-state index < -0.39 is 0 Å². The van der Waals surface area contributed by atoms with Crippen molar-refractivity contribution in [1.82, 2.24) is 4.57 Å². The Kier molecular flexibility index (Phi) is 7.26. The number of furan rings is 1. The second kappa shape index (κ2) is 12.9. The molecule has 0 aliphatic rings. The summed E-state index contributed by atoms with van der Waals surface area (Å²) >= 11 is 0. The van der Waals surface area contributed by atoms with Gasteiger partial charge >= 0.3 is 0 Å². The third-order valence-electron chi connectivity index (χ3n) is 12.0. The Morgan fingerprint density at radius 3 is 1.38 bits per heavy atom. The summed E-state index contributed by atoms with van der Waals surface area (Å²) in [6.45, 7) is 0. The molecule has 0 saturated heterocycles. The van der Waals surface area contributed by atoms with Crippen LogP contribution in [0.5, 0.6) is 0 Å². The standard InChI is InChI=1S/C56H35NO/c1-3-14-36(15-4-1)39-28-32-51-49(34-39)50-35-40(42-23-13-24-48-43-18-11-12-25-53(43)58-56(42)48)29-33-52(50)57(51)41-30-26-38(27-31-41)55-46-21-9-7-19-44(46)54(37-16-5-2-6-17-37)45-20-8-10-22-47(45)55/h1-35H. The molecule has 0 unspecified atom stereocenters. The van der Waals surface area contributed by atoms with Crippen molar-refractivity contribution in [3.63, 3.8) is 0 Å². The van der Waals surface area contributed by atoms with Crippen LogP contribution in [0.15, 0.2) is 217 Å². The quantitative estimate of drug-likeness (QED) is 0.161. The molecular weight excluding hydrogens is 703 g/mol. The highest BCUT2D eigenvalue weighted by Crippen LogP contribution is 2.45. The highest BCUT2D eigenvalue weighted by molar-refractivity contribution is 6.21. The summed E-state index contributed by atoms with van der Waals surface area (Å²) in [6, 6.07) is 76.9. The molecule has 0 amide bonds. The van der Waals surface area contributed by atoms with Crippen LogP contribution in [0.3, 0.4) is 0 Å². The molecule has 0 aliphatic carbocycles. The second-order valence-corrected chi connectivity index (χ2v) is 15.2. The van der Waals surface area contributed by atoms with E-state index in [0.717, 1.165) is 44.3 Å². The lowest BCUT2D eigenvalue weighted by molar-refractivity contribution is 0.670. The zero-order chi connectivity index (χ0) is 38.2. The minimum Gasteiger partial charge on any atom is -0.455 e. The van der Waals surface area contributed by atoms with Gasteiger partial charge < -0.3 is 8.98 Å². The molecule has 270 valence electrons. The molecule has 0 N–H and O–H groups in total. The van der Waals surface area contributed by atoms with Gasteiger partial charge in [-0.05, 0) is 103 Å². The van der Waals surface area contributed by atoms with Gasteiger partial charge in [0, 0.05) is 32.8 Å². The largest absolute Gasteiger partial charge is 0.455 e.